The fourth-order valence-corrected chi connectivity index (χ4v) is 7.21. The highest BCUT2D eigenvalue weighted by atomic mass is 16.3. The van der Waals surface area contributed by atoms with Crippen LogP contribution in [0, 0.1) is 6.57 Å². The minimum Gasteiger partial charge on any atom is -0.457 e. The van der Waals surface area contributed by atoms with Gasteiger partial charge in [-0.2, -0.15) is 0 Å². The van der Waals surface area contributed by atoms with Crippen molar-refractivity contribution in [2.45, 2.75) is 0 Å². The molecule has 0 aliphatic carbocycles. The molecule has 10 rings (SSSR count). The Labute approximate surface area is 298 Å². The van der Waals surface area contributed by atoms with Crippen molar-refractivity contribution in [2.75, 3.05) is 0 Å². The van der Waals surface area contributed by atoms with Crippen molar-refractivity contribution in [3.63, 3.8) is 0 Å². The summed E-state index contributed by atoms with van der Waals surface area (Å²) < 4.78 is 8.55. The first-order valence-electron chi connectivity index (χ1n) is 17.1. The van der Waals surface area contributed by atoms with Gasteiger partial charge in [0.2, 0.25) is 0 Å². The second kappa shape index (κ2) is 11.9. The van der Waals surface area contributed by atoms with Gasteiger partial charge in [0, 0.05) is 43.9 Å². The largest absolute Gasteiger partial charge is 0.457 e. The number of para-hydroxylation sites is 2. The molecule has 6 heteroatoms. The Morgan fingerprint density at radius 1 is 0.442 bits per heavy atom. The van der Waals surface area contributed by atoms with E-state index in [1.165, 1.54) is 0 Å². The number of hydrogen-bond donors (Lipinski definition) is 0. The van der Waals surface area contributed by atoms with E-state index in [1.54, 1.807) is 0 Å². The summed E-state index contributed by atoms with van der Waals surface area (Å²) in [4.78, 5) is 18.9. The number of benzene rings is 7. The standard InChI is InChI=1S/C46H27N5O/c1-47-38-16-10-18-41-43(38)36-25-23-33(28-42(36)52-41)46-49-44(31-21-19-30(20-22-31)29-11-4-2-5-12-29)48-45(50-46)32-24-26-40-37(27-32)35-15-8-9-17-39(35)51(40)34-13-6-3-7-14-34/h2-28H. The molecule has 6 nitrogen and oxygen atoms in total. The van der Waals surface area contributed by atoms with Gasteiger partial charge in [-0.3, -0.25) is 0 Å². The average Bonchev–Trinajstić information content (AvgIpc) is 3.76. The zero-order valence-electron chi connectivity index (χ0n) is 27.7. The first-order chi connectivity index (χ1) is 25.7. The lowest BCUT2D eigenvalue weighted by Crippen LogP contribution is -2.00. The lowest BCUT2D eigenvalue weighted by molar-refractivity contribution is 0.669. The van der Waals surface area contributed by atoms with Crippen LogP contribution in [0.1, 0.15) is 0 Å². The first-order valence-corrected chi connectivity index (χ1v) is 17.1. The van der Waals surface area contributed by atoms with Gasteiger partial charge in [-0.05, 0) is 59.7 Å². The lowest BCUT2D eigenvalue weighted by atomic mass is 10.0. The van der Waals surface area contributed by atoms with Gasteiger partial charge in [0.05, 0.1) is 17.6 Å². The summed E-state index contributed by atoms with van der Waals surface area (Å²) in [7, 11) is 0. The molecule has 242 valence electrons. The van der Waals surface area contributed by atoms with E-state index in [2.05, 4.69) is 113 Å². The second-order valence-corrected chi connectivity index (χ2v) is 12.7. The molecule has 52 heavy (non-hydrogen) atoms. The highest BCUT2D eigenvalue weighted by Crippen LogP contribution is 2.38. The third-order valence-electron chi connectivity index (χ3n) is 9.68. The third kappa shape index (κ3) is 4.84. The van der Waals surface area contributed by atoms with E-state index in [9.17, 15) is 0 Å². The summed E-state index contributed by atoms with van der Waals surface area (Å²) in [6, 6.07) is 55.5. The summed E-state index contributed by atoms with van der Waals surface area (Å²) in [6.45, 7) is 7.68. The Morgan fingerprint density at radius 3 is 1.81 bits per heavy atom. The van der Waals surface area contributed by atoms with E-state index in [0.717, 1.165) is 66.1 Å². The van der Waals surface area contributed by atoms with Crippen molar-refractivity contribution in [3.05, 3.63) is 175 Å². The third-order valence-corrected chi connectivity index (χ3v) is 9.68. The Morgan fingerprint density at radius 2 is 1.04 bits per heavy atom. The second-order valence-electron chi connectivity index (χ2n) is 12.7. The number of furan rings is 1. The normalized spacial score (nSPS) is 11.4. The predicted octanol–water partition coefficient (Wildman–Crippen LogP) is 12.1. The number of nitrogens with zero attached hydrogens (tertiary/aromatic N) is 5. The van der Waals surface area contributed by atoms with Crippen LogP contribution in [0.3, 0.4) is 0 Å². The van der Waals surface area contributed by atoms with Crippen LogP contribution in [0.15, 0.2) is 168 Å². The van der Waals surface area contributed by atoms with Crippen LogP contribution in [0.4, 0.5) is 5.69 Å². The smallest absolute Gasteiger partial charge is 0.198 e. The van der Waals surface area contributed by atoms with Crippen LogP contribution in [0.5, 0.6) is 0 Å². The predicted molar refractivity (Wildman–Crippen MR) is 209 cm³/mol. The molecule has 7 aromatic carbocycles. The van der Waals surface area contributed by atoms with Gasteiger partial charge in [-0.1, -0.05) is 115 Å². The summed E-state index contributed by atoms with van der Waals surface area (Å²) >= 11 is 0. The Hall–Kier alpha value is -7.36. The molecular weight excluding hydrogens is 639 g/mol. The van der Waals surface area contributed by atoms with Crippen molar-refractivity contribution >= 4 is 49.4 Å². The monoisotopic (exact) mass is 665 g/mol. The number of fused-ring (bicyclic) bond motifs is 6. The van der Waals surface area contributed by atoms with Crippen molar-refractivity contribution < 1.29 is 4.42 Å². The zero-order valence-corrected chi connectivity index (χ0v) is 27.7. The molecule has 0 atom stereocenters. The summed E-state index contributed by atoms with van der Waals surface area (Å²) in [5.74, 6) is 1.68. The molecule has 3 heterocycles. The maximum Gasteiger partial charge on any atom is 0.198 e. The maximum atomic E-state index is 7.68. The summed E-state index contributed by atoms with van der Waals surface area (Å²) in [6.07, 6.45) is 0. The fourth-order valence-electron chi connectivity index (χ4n) is 7.21. The Bertz CT molecular complexity index is 3010. The molecule has 3 aromatic heterocycles. The van der Waals surface area contributed by atoms with Crippen LogP contribution in [-0.4, -0.2) is 19.5 Å². The van der Waals surface area contributed by atoms with E-state index < -0.39 is 0 Å². The molecule has 0 saturated carbocycles. The zero-order chi connectivity index (χ0) is 34.6. The maximum absolute atomic E-state index is 7.68. The van der Waals surface area contributed by atoms with Crippen molar-refractivity contribution in [3.8, 4) is 51.0 Å². The minimum atomic E-state index is 0.534. The van der Waals surface area contributed by atoms with Gasteiger partial charge in [0.15, 0.2) is 23.2 Å². The molecule has 0 fully saturated rings. The summed E-state index contributed by atoms with van der Waals surface area (Å²) in [5.41, 5.74) is 10.1. The molecule has 0 unspecified atom stereocenters. The lowest BCUT2D eigenvalue weighted by Gasteiger charge is -2.10. The Balaban J connectivity index is 1.16. The number of aromatic nitrogens is 4. The van der Waals surface area contributed by atoms with Gasteiger partial charge in [-0.15, -0.1) is 0 Å². The molecule has 0 N–H and O–H groups in total. The summed E-state index contributed by atoms with van der Waals surface area (Å²) in [5, 5.41) is 3.98. The molecular formula is C46H27N5O. The van der Waals surface area contributed by atoms with Crippen LogP contribution >= 0.6 is 0 Å². The van der Waals surface area contributed by atoms with E-state index >= 15 is 0 Å². The van der Waals surface area contributed by atoms with Crippen LogP contribution < -0.4 is 0 Å². The Kier molecular flexibility index (Phi) is 6.76. The van der Waals surface area contributed by atoms with Gasteiger partial charge in [-0.25, -0.2) is 19.8 Å². The molecule has 10 aromatic rings. The van der Waals surface area contributed by atoms with Crippen molar-refractivity contribution in [2.24, 2.45) is 0 Å². The number of hydrogen-bond acceptors (Lipinski definition) is 4. The highest BCUT2D eigenvalue weighted by molar-refractivity contribution is 6.12. The quantitative estimate of drug-likeness (QED) is 0.172. The van der Waals surface area contributed by atoms with Gasteiger partial charge in [0.25, 0.3) is 0 Å². The van der Waals surface area contributed by atoms with Crippen molar-refractivity contribution in [1.29, 1.82) is 0 Å². The van der Waals surface area contributed by atoms with E-state index in [-0.39, 0.29) is 0 Å². The van der Waals surface area contributed by atoms with Crippen LogP contribution in [0.2, 0.25) is 0 Å². The SMILES string of the molecule is [C-]#[N+]c1cccc2oc3cc(-c4nc(-c5ccc(-c6ccccc6)cc5)nc(-c5ccc6c(c5)c5ccccc5n6-c5ccccc5)n4)ccc3c12. The molecule has 0 amide bonds. The molecule has 0 aliphatic heterocycles. The van der Waals surface area contributed by atoms with Crippen LogP contribution in [0.25, 0.3) is 99.6 Å². The minimum absolute atomic E-state index is 0.534. The molecule has 0 bridgehead atoms. The molecule has 0 saturated heterocycles. The van der Waals surface area contributed by atoms with Crippen molar-refractivity contribution in [1.82, 2.24) is 19.5 Å². The van der Waals surface area contributed by atoms with E-state index in [4.69, 9.17) is 25.9 Å². The molecule has 0 spiro atoms. The van der Waals surface area contributed by atoms with Gasteiger partial charge >= 0.3 is 0 Å². The van der Waals surface area contributed by atoms with Gasteiger partial charge in [0.1, 0.15) is 11.2 Å². The highest BCUT2D eigenvalue weighted by Gasteiger charge is 2.18. The first kappa shape index (κ1) is 29.5. The topological polar surface area (TPSA) is 61.1 Å². The van der Waals surface area contributed by atoms with Crippen LogP contribution in [-0.2, 0) is 0 Å². The van der Waals surface area contributed by atoms with E-state index in [0.29, 0.717) is 34.3 Å². The van der Waals surface area contributed by atoms with E-state index in [1.807, 2.05) is 60.7 Å². The molecule has 0 radical (unpaired) electrons. The number of rotatable bonds is 5. The molecule has 0 aliphatic rings. The average molecular weight is 666 g/mol. The van der Waals surface area contributed by atoms with Gasteiger partial charge < -0.3 is 8.98 Å². The fraction of sp³-hybridized carbons (Fsp3) is 0.